The third kappa shape index (κ3) is 6.10. The van der Waals surface area contributed by atoms with Gasteiger partial charge >= 0.3 is 5.97 Å². The van der Waals surface area contributed by atoms with Gasteiger partial charge in [-0.1, -0.05) is 19.4 Å². The van der Waals surface area contributed by atoms with E-state index in [9.17, 15) is 13.6 Å². The largest absolute Gasteiger partial charge is 0.481 e. The summed E-state index contributed by atoms with van der Waals surface area (Å²) >= 11 is 0. The molecule has 0 saturated carbocycles. The van der Waals surface area contributed by atoms with Crippen LogP contribution in [0.15, 0.2) is 18.2 Å². The molecule has 0 radical (unpaired) electrons. The zero-order valence-corrected chi connectivity index (χ0v) is 11.6. The van der Waals surface area contributed by atoms with E-state index in [4.69, 9.17) is 10.8 Å². The topological polar surface area (TPSA) is 63.3 Å². The summed E-state index contributed by atoms with van der Waals surface area (Å²) in [4.78, 5) is 10.5. The summed E-state index contributed by atoms with van der Waals surface area (Å²) in [6, 6.07) is 3.27. The highest BCUT2D eigenvalue weighted by Crippen LogP contribution is 2.17. The van der Waals surface area contributed by atoms with Crippen molar-refractivity contribution in [2.75, 3.05) is 0 Å². The molecule has 112 valence electrons. The Morgan fingerprint density at radius 1 is 1.40 bits per heavy atom. The molecule has 0 heterocycles. The van der Waals surface area contributed by atoms with E-state index < -0.39 is 17.6 Å². The Balaban J connectivity index is 2.31. The Morgan fingerprint density at radius 2 is 2.10 bits per heavy atom. The lowest BCUT2D eigenvalue weighted by atomic mass is 9.94. The number of rotatable bonds is 8. The molecule has 2 atom stereocenters. The van der Waals surface area contributed by atoms with Gasteiger partial charge < -0.3 is 10.8 Å². The van der Waals surface area contributed by atoms with Crippen LogP contribution in [0.5, 0.6) is 0 Å². The van der Waals surface area contributed by atoms with E-state index in [0.29, 0.717) is 18.4 Å². The van der Waals surface area contributed by atoms with Gasteiger partial charge in [-0.05, 0) is 36.8 Å². The molecule has 0 aliphatic carbocycles. The van der Waals surface area contributed by atoms with Gasteiger partial charge in [-0.2, -0.15) is 0 Å². The van der Waals surface area contributed by atoms with Gasteiger partial charge in [0.2, 0.25) is 0 Å². The first-order valence-corrected chi connectivity index (χ1v) is 6.79. The molecule has 0 spiro atoms. The van der Waals surface area contributed by atoms with Crippen LogP contribution in [0.3, 0.4) is 0 Å². The maximum atomic E-state index is 13.4. The number of aryl methyl sites for hydroxylation is 1. The molecule has 1 aromatic rings. The number of carbonyl (C=O) groups is 1. The molecule has 1 aromatic carbocycles. The predicted molar refractivity (Wildman–Crippen MR) is 73.3 cm³/mol. The summed E-state index contributed by atoms with van der Waals surface area (Å²) in [5.74, 6) is -1.69. The molecule has 0 unspecified atom stereocenters. The van der Waals surface area contributed by atoms with Gasteiger partial charge in [-0.25, -0.2) is 8.78 Å². The lowest BCUT2D eigenvalue weighted by molar-refractivity contribution is -0.137. The van der Waals surface area contributed by atoms with Crippen LogP contribution in [-0.2, 0) is 11.2 Å². The fourth-order valence-electron chi connectivity index (χ4n) is 2.31. The van der Waals surface area contributed by atoms with Gasteiger partial charge in [-0.15, -0.1) is 0 Å². The van der Waals surface area contributed by atoms with Crippen molar-refractivity contribution < 1.29 is 18.7 Å². The Hall–Kier alpha value is -1.49. The second kappa shape index (κ2) is 7.94. The van der Waals surface area contributed by atoms with Crippen LogP contribution >= 0.6 is 0 Å². The highest BCUT2D eigenvalue weighted by atomic mass is 19.1. The molecule has 0 amide bonds. The Morgan fingerprint density at radius 3 is 2.70 bits per heavy atom. The number of hydrogen-bond acceptors (Lipinski definition) is 2. The van der Waals surface area contributed by atoms with Crippen molar-refractivity contribution in [1.29, 1.82) is 0 Å². The summed E-state index contributed by atoms with van der Waals surface area (Å²) in [7, 11) is 0. The number of benzene rings is 1. The van der Waals surface area contributed by atoms with Crippen molar-refractivity contribution in [3.05, 3.63) is 35.4 Å². The second-order valence-corrected chi connectivity index (χ2v) is 5.33. The summed E-state index contributed by atoms with van der Waals surface area (Å²) in [5.41, 5.74) is 6.22. The summed E-state index contributed by atoms with van der Waals surface area (Å²) in [6.45, 7) is 2.00. The number of carboxylic acids is 1. The van der Waals surface area contributed by atoms with Crippen LogP contribution in [0.2, 0.25) is 0 Å². The highest BCUT2D eigenvalue weighted by Gasteiger charge is 2.13. The van der Waals surface area contributed by atoms with Gasteiger partial charge in [0.15, 0.2) is 0 Å². The lowest BCUT2D eigenvalue weighted by Crippen LogP contribution is -2.26. The molecule has 0 fully saturated rings. The van der Waals surface area contributed by atoms with Crippen molar-refractivity contribution in [3.8, 4) is 0 Å². The van der Waals surface area contributed by atoms with Crippen molar-refractivity contribution in [2.24, 2.45) is 11.7 Å². The molecule has 0 aliphatic heterocycles. The summed E-state index contributed by atoms with van der Waals surface area (Å²) < 4.78 is 26.1. The van der Waals surface area contributed by atoms with Crippen LogP contribution in [0.25, 0.3) is 0 Å². The van der Waals surface area contributed by atoms with Crippen LogP contribution in [0, 0.1) is 17.6 Å². The fraction of sp³-hybridized carbons (Fsp3) is 0.533. The fourth-order valence-corrected chi connectivity index (χ4v) is 2.31. The molecule has 3 N–H and O–H groups in total. The third-order valence-electron chi connectivity index (χ3n) is 3.30. The smallest absolute Gasteiger partial charge is 0.304 e. The highest BCUT2D eigenvalue weighted by molar-refractivity contribution is 5.67. The number of carboxylic acid groups (broad SMARTS) is 1. The molecule has 0 saturated heterocycles. The number of nitrogens with two attached hydrogens (primary N) is 1. The minimum absolute atomic E-state index is 0.0308. The maximum Gasteiger partial charge on any atom is 0.304 e. The van der Waals surface area contributed by atoms with Crippen molar-refractivity contribution in [3.63, 3.8) is 0 Å². The number of hydrogen-bond donors (Lipinski definition) is 2. The summed E-state index contributed by atoms with van der Waals surface area (Å²) in [6.07, 6.45) is 2.76. The molecule has 1 rings (SSSR count). The first-order chi connectivity index (χ1) is 9.38. The normalized spacial score (nSPS) is 14.0. The standard InChI is InChI=1S/C15H21F2NO2/c1-10(7-13(18)9-15(19)20)3-2-4-11-5-6-12(16)8-14(11)17/h5-6,8,10,13H,2-4,7,9,18H2,1H3,(H,19,20)/t10-,13+/m1/s1. The van der Waals surface area contributed by atoms with Gasteiger partial charge in [-0.3, -0.25) is 4.79 Å². The van der Waals surface area contributed by atoms with Gasteiger partial charge in [0, 0.05) is 12.1 Å². The zero-order valence-electron chi connectivity index (χ0n) is 11.6. The molecule has 0 aliphatic rings. The van der Waals surface area contributed by atoms with Gasteiger partial charge in [0.1, 0.15) is 11.6 Å². The second-order valence-electron chi connectivity index (χ2n) is 5.33. The van der Waals surface area contributed by atoms with E-state index >= 15 is 0 Å². The lowest BCUT2D eigenvalue weighted by Gasteiger charge is -2.15. The zero-order chi connectivity index (χ0) is 15.1. The average molecular weight is 285 g/mol. The van der Waals surface area contributed by atoms with Crippen molar-refractivity contribution in [2.45, 2.75) is 45.1 Å². The molecule has 20 heavy (non-hydrogen) atoms. The van der Waals surface area contributed by atoms with Gasteiger partial charge in [0.05, 0.1) is 6.42 Å². The third-order valence-corrected chi connectivity index (χ3v) is 3.30. The Kier molecular flexibility index (Phi) is 6.58. The molecular formula is C15H21F2NO2. The number of halogens is 2. The van der Waals surface area contributed by atoms with Crippen molar-refractivity contribution >= 4 is 5.97 Å². The molecule has 3 nitrogen and oxygen atoms in total. The van der Waals surface area contributed by atoms with E-state index in [2.05, 4.69) is 0 Å². The van der Waals surface area contributed by atoms with Crippen LogP contribution in [0.1, 0.15) is 38.2 Å². The molecule has 5 heteroatoms. The molecular weight excluding hydrogens is 264 g/mol. The SMILES string of the molecule is C[C@H](CCCc1ccc(F)cc1F)C[C@H](N)CC(=O)O. The van der Waals surface area contributed by atoms with E-state index in [0.717, 1.165) is 18.9 Å². The van der Waals surface area contributed by atoms with Gasteiger partial charge in [0.25, 0.3) is 0 Å². The van der Waals surface area contributed by atoms with E-state index in [-0.39, 0.29) is 18.4 Å². The minimum Gasteiger partial charge on any atom is -0.481 e. The maximum absolute atomic E-state index is 13.4. The van der Waals surface area contributed by atoms with E-state index in [1.54, 1.807) is 0 Å². The van der Waals surface area contributed by atoms with Crippen LogP contribution < -0.4 is 5.73 Å². The monoisotopic (exact) mass is 285 g/mol. The van der Waals surface area contributed by atoms with Crippen molar-refractivity contribution in [1.82, 2.24) is 0 Å². The Labute approximate surface area is 117 Å². The Bertz CT molecular complexity index is 451. The van der Waals surface area contributed by atoms with Crippen LogP contribution in [0.4, 0.5) is 8.78 Å². The first-order valence-electron chi connectivity index (χ1n) is 6.79. The number of aliphatic carboxylic acids is 1. The predicted octanol–water partition coefficient (Wildman–Crippen LogP) is 3.12. The van der Waals surface area contributed by atoms with E-state index in [1.165, 1.54) is 12.1 Å². The first kappa shape index (κ1) is 16.6. The quantitative estimate of drug-likeness (QED) is 0.771. The summed E-state index contributed by atoms with van der Waals surface area (Å²) in [5, 5.41) is 8.62. The van der Waals surface area contributed by atoms with E-state index in [1.807, 2.05) is 6.92 Å². The molecule has 0 aromatic heterocycles. The minimum atomic E-state index is -0.891. The average Bonchev–Trinajstić information content (AvgIpc) is 2.30. The van der Waals surface area contributed by atoms with Crippen LogP contribution in [-0.4, -0.2) is 17.1 Å². The molecule has 0 bridgehead atoms.